The summed E-state index contributed by atoms with van der Waals surface area (Å²) < 4.78 is 0.948. The highest BCUT2D eigenvalue weighted by molar-refractivity contribution is 9.10. The predicted octanol–water partition coefficient (Wildman–Crippen LogP) is 2.95. The van der Waals surface area contributed by atoms with Crippen molar-refractivity contribution >= 4 is 33.2 Å². The van der Waals surface area contributed by atoms with Crippen molar-refractivity contribution in [2.45, 2.75) is 6.04 Å². The van der Waals surface area contributed by atoms with Gasteiger partial charge in [0.15, 0.2) is 0 Å². The first kappa shape index (κ1) is 11.2. The standard InChI is InChI=1S/C13H10BrN3O/c14-8-3-4-10-11(6-8)17-13(18)12(10)16-9-2-1-5-15-7-9/h1-7,12,16H,(H,17,18). The summed E-state index contributed by atoms with van der Waals surface area (Å²) in [5.74, 6) is -0.0491. The first-order valence-electron chi connectivity index (χ1n) is 5.51. The van der Waals surface area contributed by atoms with E-state index in [1.807, 2.05) is 30.3 Å². The van der Waals surface area contributed by atoms with Crippen molar-refractivity contribution in [2.24, 2.45) is 0 Å². The molecule has 4 nitrogen and oxygen atoms in total. The molecule has 1 aromatic carbocycles. The fraction of sp³-hybridized carbons (Fsp3) is 0.0769. The van der Waals surface area contributed by atoms with Crippen molar-refractivity contribution in [3.8, 4) is 0 Å². The molecule has 0 radical (unpaired) electrons. The summed E-state index contributed by atoms with van der Waals surface area (Å²) in [4.78, 5) is 16.0. The Kier molecular flexibility index (Phi) is 2.76. The van der Waals surface area contributed by atoms with Gasteiger partial charge in [0.05, 0.1) is 5.69 Å². The number of amides is 1. The molecule has 0 saturated heterocycles. The van der Waals surface area contributed by atoms with Crippen LogP contribution in [-0.2, 0) is 4.79 Å². The van der Waals surface area contributed by atoms with Crippen LogP contribution in [0.5, 0.6) is 0 Å². The topological polar surface area (TPSA) is 54.0 Å². The Morgan fingerprint density at radius 3 is 3.00 bits per heavy atom. The van der Waals surface area contributed by atoms with Crippen LogP contribution in [0.3, 0.4) is 0 Å². The van der Waals surface area contributed by atoms with Gasteiger partial charge >= 0.3 is 0 Å². The van der Waals surface area contributed by atoms with E-state index in [2.05, 4.69) is 31.5 Å². The SMILES string of the molecule is O=C1Nc2cc(Br)ccc2C1Nc1cccnc1. The Morgan fingerprint density at radius 1 is 1.33 bits per heavy atom. The second kappa shape index (κ2) is 4.42. The monoisotopic (exact) mass is 303 g/mol. The highest BCUT2D eigenvalue weighted by Gasteiger charge is 2.30. The molecule has 1 unspecified atom stereocenters. The molecule has 2 N–H and O–H groups in total. The van der Waals surface area contributed by atoms with E-state index >= 15 is 0 Å². The summed E-state index contributed by atoms with van der Waals surface area (Å²) >= 11 is 3.39. The van der Waals surface area contributed by atoms with Gasteiger partial charge in [-0.2, -0.15) is 0 Å². The smallest absolute Gasteiger partial charge is 0.251 e. The van der Waals surface area contributed by atoms with Crippen molar-refractivity contribution in [1.82, 2.24) is 4.98 Å². The number of rotatable bonds is 2. The van der Waals surface area contributed by atoms with Crippen molar-refractivity contribution < 1.29 is 4.79 Å². The lowest BCUT2D eigenvalue weighted by Crippen LogP contribution is -2.19. The Balaban J connectivity index is 1.93. The first-order chi connectivity index (χ1) is 8.74. The number of benzene rings is 1. The van der Waals surface area contributed by atoms with E-state index in [1.165, 1.54) is 0 Å². The van der Waals surface area contributed by atoms with Gasteiger partial charge in [-0.05, 0) is 24.3 Å². The van der Waals surface area contributed by atoms with Gasteiger partial charge in [-0.1, -0.05) is 22.0 Å². The van der Waals surface area contributed by atoms with Crippen molar-refractivity contribution in [3.63, 3.8) is 0 Å². The first-order valence-corrected chi connectivity index (χ1v) is 6.30. The minimum atomic E-state index is -0.364. The van der Waals surface area contributed by atoms with E-state index < -0.39 is 0 Å². The van der Waals surface area contributed by atoms with E-state index in [9.17, 15) is 4.79 Å². The van der Waals surface area contributed by atoms with Gasteiger partial charge in [0.1, 0.15) is 6.04 Å². The van der Waals surface area contributed by atoms with Crippen molar-refractivity contribution in [3.05, 3.63) is 52.8 Å². The Morgan fingerprint density at radius 2 is 2.22 bits per heavy atom. The van der Waals surface area contributed by atoms with Crippen LogP contribution in [0.1, 0.15) is 11.6 Å². The second-order valence-electron chi connectivity index (χ2n) is 4.04. The van der Waals surface area contributed by atoms with Crippen LogP contribution < -0.4 is 10.6 Å². The molecule has 2 heterocycles. The third-order valence-corrected chi connectivity index (χ3v) is 3.31. The zero-order valence-corrected chi connectivity index (χ0v) is 10.9. The van der Waals surface area contributed by atoms with Crippen LogP contribution in [0.15, 0.2) is 47.2 Å². The number of hydrogen-bond acceptors (Lipinski definition) is 3. The molecular weight excluding hydrogens is 294 g/mol. The van der Waals surface area contributed by atoms with Gasteiger partial charge < -0.3 is 10.6 Å². The number of aromatic nitrogens is 1. The summed E-state index contributed by atoms with van der Waals surface area (Å²) in [5, 5.41) is 6.03. The Labute approximate surface area is 113 Å². The van der Waals surface area contributed by atoms with E-state index in [-0.39, 0.29) is 11.9 Å². The van der Waals surface area contributed by atoms with Crippen LogP contribution in [-0.4, -0.2) is 10.9 Å². The minimum absolute atomic E-state index is 0.0491. The molecule has 3 rings (SSSR count). The number of carbonyl (C=O) groups excluding carboxylic acids is 1. The van der Waals surface area contributed by atoms with Crippen LogP contribution in [0, 0.1) is 0 Å². The normalized spacial score (nSPS) is 17.2. The molecule has 0 fully saturated rings. The number of nitrogens with one attached hydrogen (secondary N) is 2. The third-order valence-electron chi connectivity index (χ3n) is 2.82. The average molecular weight is 304 g/mol. The molecule has 1 atom stereocenters. The second-order valence-corrected chi connectivity index (χ2v) is 4.96. The Bertz CT molecular complexity index is 600. The summed E-state index contributed by atoms with van der Waals surface area (Å²) in [5.41, 5.74) is 2.62. The molecule has 0 bridgehead atoms. The summed E-state index contributed by atoms with van der Waals surface area (Å²) in [7, 11) is 0. The predicted molar refractivity (Wildman–Crippen MR) is 73.4 cm³/mol. The number of pyridine rings is 1. The molecule has 0 saturated carbocycles. The number of anilines is 2. The lowest BCUT2D eigenvalue weighted by Gasteiger charge is -2.12. The van der Waals surface area contributed by atoms with Gasteiger partial charge in [-0.3, -0.25) is 9.78 Å². The molecular formula is C13H10BrN3O. The maximum Gasteiger partial charge on any atom is 0.251 e. The average Bonchev–Trinajstić information content (AvgIpc) is 2.66. The van der Waals surface area contributed by atoms with E-state index in [0.717, 1.165) is 21.4 Å². The Hall–Kier alpha value is -1.88. The zero-order valence-electron chi connectivity index (χ0n) is 9.35. The van der Waals surface area contributed by atoms with Gasteiger partial charge in [0, 0.05) is 28.1 Å². The highest BCUT2D eigenvalue weighted by atomic mass is 79.9. The highest BCUT2D eigenvalue weighted by Crippen LogP contribution is 2.34. The molecule has 5 heteroatoms. The third kappa shape index (κ3) is 1.97. The van der Waals surface area contributed by atoms with Gasteiger partial charge in [0.2, 0.25) is 0 Å². The van der Waals surface area contributed by atoms with Crippen molar-refractivity contribution in [1.29, 1.82) is 0 Å². The van der Waals surface area contributed by atoms with Crippen LogP contribution in [0.2, 0.25) is 0 Å². The molecule has 1 aliphatic rings. The largest absolute Gasteiger partial charge is 0.369 e. The molecule has 2 aromatic rings. The zero-order chi connectivity index (χ0) is 12.5. The summed E-state index contributed by atoms with van der Waals surface area (Å²) in [6.45, 7) is 0. The number of hydrogen-bond donors (Lipinski definition) is 2. The van der Waals surface area contributed by atoms with E-state index in [4.69, 9.17) is 0 Å². The van der Waals surface area contributed by atoms with E-state index in [0.29, 0.717) is 0 Å². The molecule has 1 amide bonds. The number of fused-ring (bicyclic) bond motifs is 1. The lowest BCUT2D eigenvalue weighted by molar-refractivity contribution is -0.116. The maximum atomic E-state index is 11.9. The molecule has 1 aromatic heterocycles. The van der Waals surface area contributed by atoms with Gasteiger partial charge in [-0.25, -0.2) is 0 Å². The quantitative estimate of drug-likeness (QED) is 0.897. The van der Waals surface area contributed by atoms with E-state index in [1.54, 1.807) is 12.4 Å². The van der Waals surface area contributed by atoms with Crippen molar-refractivity contribution in [2.75, 3.05) is 10.6 Å². The number of nitrogens with zero attached hydrogens (tertiary/aromatic N) is 1. The van der Waals surface area contributed by atoms with Crippen LogP contribution in [0.25, 0.3) is 0 Å². The molecule has 18 heavy (non-hydrogen) atoms. The van der Waals surface area contributed by atoms with Crippen LogP contribution >= 0.6 is 15.9 Å². The molecule has 0 spiro atoms. The maximum absolute atomic E-state index is 11.9. The van der Waals surface area contributed by atoms with Crippen LogP contribution in [0.4, 0.5) is 11.4 Å². The fourth-order valence-corrected chi connectivity index (χ4v) is 2.35. The van der Waals surface area contributed by atoms with Gasteiger partial charge in [-0.15, -0.1) is 0 Å². The number of carbonyl (C=O) groups is 1. The lowest BCUT2D eigenvalue weighted by atomic mass is 10.1. The minimum Gasteiger partial charge on any atom is -0.369 e. The van der Waals surface area contributed by atoms with Gasteiger partial charge in [0.25, 0.3) is 5.91 Å². The molecule has 0 aliphatic carbocycles. The summed E-state index contributed by atoms with van der Waals surface area (Å²) in [6.07, 6.45) is 3.40. The fourth-order valence-electron chi connectivity index (χ4n) is 1.99. The number of halogens is 1. The molecule has 90 valence electrons. The summed E-state index contributed by atoms with van der Waals surface area (Å²) in [6, 6.07) is 9.12. The molecule has 1 aliphatic heterocycles.